The number of anilines is 1. The van der Waals surface area contributed by atoms with Crippen molar-refractivity contribution in [1.29, 1.82) is 0 Å². The molecule has 1 fully saturated rings. The molecule has 2 N–H and O–H groups in total. The highest BCUT2D eigenvalue weighted by Gasteiger charge is 2.29. The minimum Gasteiger partial charge on any atom is -0.495 e. The fourth-order valence-electron chi connectivity index (χ4n) is 2.51. The molecule has 0 bridgehead atoms. The summed E-state index contributed by atoms with van der Waals surface area (Å²) in [5.41, 5.74) is 6.17. The zero-order chi connectivity index (χ0) is 14.8. The van der Waals surface area contributed by atoms with Crippen LogP contribution in [0.1, 0.15) is 26.2 Å². The maximum Gasteiger partial charge on any atom is 0.246 e. The Balaban J connectivity index is 2.34. The molecule has 1 unspecified atom stereocenters. The van der Waals surface area contributed by atoms with E-state index < -0.39 is 10.0 Å². The van der Waals surface area contributed by atoms with Crippen molar-refractivity contribution in [3.63, 3.8) is 0 Å². The molecular formula is C14H22N2O3S. The van der Waals surface area contributed by atoms with Crippen LogP contribution in [0, 0.1) is 5.92 Å². The Hall–Kier alpha value is -1.27. The minimum absolute atomic E-state index is 0.198. The monoisotopic (exact) mass is 298 g/mol. The van der Waals surface area contributed by atoms with E-state index in [0.29, 0.717) is 30.4 Å². The van der Waals surface area contributed by atoms with Crippen molar-refractivity contribution in [2.45, 2.75) is 31.1 Å². The Morgan fingerprint density at radius 1 is 1.30 bits per heavy atom. The molecule has 0 amide bonds. The first kappa shape index (κ1) is 15.1. The van der Waals surface area contributed by atoms with Gasteiger partial charge in [0.1, 0.15) is 10.6 Å². The molecule has 6 heteroatoms. The number of nitrogens with two attached hydrogens (primary N) is 1. The summed E-state index contributed by atoms with van der Waals surface area (Å²) in [7, 11) is -2.06. The molecule has 1 aromatic rings. The summed E-state index contributed by atoms with van der Waals surface area (Å²) in [4.78, 5) is 0.198. The first-order valence-electron chi connectivity index (χ1n) is 6.89. The van der Waals surface area contributed by atoms with Crippen LogP contribution in [0.15, 0.2) is 23.1 Å². The molecule has 5 nitrogen and oxygen atoms in total. The van der Waals surface area contributed by atoms with Crippen molar-refractivity contribution in [2.24, 2.45) is 5.92 Å². The van der Waals surface area contributed by atoms with Gasteiger partial charge in [-0.25, -0.2) is 8.42 Å². The van der Waals surface area contributed by atoms with Crippen LogP contribution in [-0.2, 0) is 10.0 Å². The molecule has 0 saturated carbocycles. The standard InChI is InChI=1S/C14H22N2O3S/c1-11-4-3-8-16(9-7-11)20(17,18)14-6-5-12(15)10-13(14)19-2/h5-6,10-11H,3-4,7-9,15H2,1-2H3. The second-order valence-corrected chi connectivity index (χ2v) is 7.26. The molecule has 20 heavy (non-hydrogen) atoms. The van der Waals surface area contributed by atoms with E-state index in [4.69, 9.17) is 10.5 Å². The van der Waals surface area contributed by atoms with E-state index in [-0.39, 0.29) is 4.90 Å². The van der Waals surface area contributed by atoms with Crippen LogP contribution in [0.4, 0.5) is 5.69 Å². The lowest BCUT2D eigenvalue weighted by molar-refractivity contribution is 0.390. The van der Waals surface area contributed by atoms with E-state index in [1.54, 1.807) is 16.4 Å². The van der Waals surface area contributed by atoms with Crippen LogP contribution in [0.5, 0.6) is 5.75 Å². The summed E-state index contributed by atoms with van der Waals surface area (Å²) in [5.74, 6) is 0.880. The molecular weight excluding hydrogens is 276 g/mol. The van der Waals surface area contributed by atoms with Gasteiger partial charge in [-0.15, -0.1) is 0 Å². The summed E-state index contributed by atoms with van der Waals surface area (Å²) in [6.45, 7) is 3.30. The third-order valence-corrected chi connectivity index (χ3v) is 5.72. The van der Waals surface area contributed by atoms with Gasteiger partial charge < -0.3 is 10.5 Å². The molecule has 1 atom stereocenters. The van der Waals surface area contributed by atoms with Crippen LogP contribution in [-0.4, -0.2) is 32.9 Å². The van der Waals surface area contributed by atoms with E-state index >= 15 is 0 Å². The highest BCUT2D eigenvalue weighted by Crippen LogP contribution is 2.30. The van der Waals surface area contributed by atoms with Crippen molar-refractivity contribution in [2.75, 3.05) is 25.9 Å². The van der Waals surface area contributed by atoms with E-state index in [1.807, 2.05) is 0 Å². The van der Waals surface area contributed by atoms with E-state index in [2.05, 4.69) is 6.92 Å². The molecule has 1 heterocycles. The number of hydrogen-bond acceptors (Lipinski definition) is 4. The van der Waals surface area contributed by atoms with Gasteiger partial charge in [0.25, 0.3) is 0 Å². The molecule has 1 aliphatic rings. The fraction of sp³-hybridized carbons (Fsp3) is 0.571. The summed E-state index contributed by atoms with van der Waals surface area (Å²) in [5, 5.41) is 0. The average molecular weight is 298 g/mol. The fourth-order valence-corrected chi connectivity index (χ4v) is 4.14. The van der Waals surface area contributed by atoms with Gasteiger partial charge in [-0.3, -0.25) is 0 Å². The van der Waals surface area contributed by atoms with Gasteiger partial charge >= 0.3 is 0 Å². The quantitative estimate of drug-likeness (QED) is 0.867. The van der Waals surface area contributed by atoms with Crippen LogP contribution >= 0.6 is 0 Å². The lowest BCUT2D eigenvalue weighted by Gasteiger charge is -2.21. The molecule has 1 aromatic carbocycles. The number of nitrogen functional groups attached to an aromatic ring is 1. The smallest absolute Gasteiger partial charge is 0.246 e. The van der Waals surface area contributed by atoms with Gasteiger partial charge in [0, 0.05) is 24.8 Å². The Kier molecular flexibility index (Phi) is 4.55. The Labute approximate surface area is 120 Å². The Morgan fingerprint density at radius 3 is 2.75 bits per heavy atom. The summed E-state index contributed by atoms with van der Waals surface area (Å²) in [6, 6.07) is 4.67. The van der Waals surface area contributed by atoms with Crippen molar-refractivity contribution in [1.82, 2.24) is 4.31 Å². The summed E-state index contributed by atoms with van der Waals surface area (Å²) in [6.07, 6.45) is 2.87. The third-order valence-electron chi connectivity index (χ3n) is 3.78. The van der Waals surface area contributed by atoms with Gasteiger partial charge in [-0.1, -0.05) is 6.92 Å². The van der Waals surface area contributed by atoms with Gasteiger partial charge in [0.05, 0.1) is 7.11 Å². The molecule has 0 aromatic heterocycles. The van der Waals surface area contributed by atoms with Gasteiger partial charge in [0.2, 0.25) is 10.0 Å². The van der Waals surface area contributed by atoms with Gasteiger partial charge in [0.15, 0.2) is 0 Å². The number of nitrogens with zero attached hydrogens (tertiary/aromatic N) is 1. The Morgan fingerprint density at radius 2 is 2.05 bits per heavy atom. The molecule has 1 aliphatic heterocycles. The normalized spacial score (nSPS) is 21.4. The first-order chi connectivity index (χ1) is 9.45. The molecule has 1 saturated heterocycles. The third kappa shape index (κ3) is 3.07. The minimum atomic E-state index is -3.52. The van der Waals surface area contributed by atoms with Gasteiger partial charge in [-0.05, 0) is 37.3 Å². The molecule has 2 rings (SSSR count). The van der Waals surface area contributed by atoms with Crippen LogP contribution in [0.25, 0.3) is 0 Å². The summed E-state index contributed by atoms with van der Waals surface area (Å²) < 4.78 is 32.2. The van der Waals surface area contributed by atoms with Crippen LogP contribution in [0.3, 0.4) is 0 Å². The lowest BCUT2D eigenvalue weighted by atomic mass is 10.0. The maximum absolute atomic E-state index is 12.7. The molecule has 112 valence electrons. The van der Waals surface area contributed by atoms with E-state index in [1.165, 1.54) is 13.2 Å². The zero-order valence-electron chi connectivity index (χ0n) is 12.0. The average Bonchev–Trinajstić information content (AvgIpc) is 2.63. The number of rotatable bonds is 3. The Bertz CT molecular complexity index is 572. The van der Waals surface area contributed by atoms with Crippen molar-refractivity contribution < 1.29 is 13.2 Å². The number of ether oxygens (including phenoxy) is 1. The SMILES string of the molecule is COc1cc(N)ccc1S(=O)(=O)N1CCCC(C)CC1. The van der Waals surface area contributed by atoms with Crippen molar-refractivity contribution >= 4 is 15.7 Å². The highest BCUT2D eigenvalue weighted by atomic mass is 32.2. The predicted molar refractivity (Wildman–Crippen MR) is 79.2 cm³/mol. The first-order valence-corrected chi connectivity index (χ1v) is 8.33. The van der Waals surface area contributed by atoms with Gasteiger partial charge in [-0.2, -0.15) is 4.31 Å². The molecule has 0 spiro atoms. The van der Waals surface area contributed by atoms with Crippen LogP contribution in [0.2, 0.25) is 0 Å². The van der Waals surface area contributed by atoms with E-state index in [9.17, 15) is 8.42 Å². The molecule has 0 aliphatic carbocycles. The number of hydrogen-bond donors (Lipinski definition) is 1. The summed E-state index contributed by atoms with van der Waals surface area (Å²) >= 11 is 0. The number of benzene rings is 1. The van der Waals surface area contributed by atoms with Crippen molar-refractivity contribution in [3.05, 3.63) is 18.2 Å². The zero-order valence-corrected chi connectivity index (χ0v) is 12.8. The second kappa shape index (κ2) is 6.01. The molecule has 0 radical (unpaired) electrons. The lowest BCUT2D eigenvalue weighted by Crippen LogP contribution is -2.32. The predicted octanol–water partition coefficient (Wildman–Crippen LogP) is 2.09. The van der Waals surface area contributed by atoms with Crippen molar-refractivity contribution in [3.8, 4) is 5.75 Å². The number of sulfonamides is 1. The second-order valence-electron chi connectivity index (χ2n) is 5.35. The highest BCUT2D eigenvalue weighted by molar-refractivity contribution is 7.89. The topological polar surface area (TPSA) is 72.6 Å². The van der Waals surface area contributed by atoms with E-state index in [0.717, 1.165) is 19.3 Å². The maximum atomic E-state index is 12.7. The number of methoxy groups -OCH3 is 1. The largest absolute Gasteiger partial charge is 0.495 e. The van der Waals surface area contributed by atoms with Crippen LogP contribution < -0.4 is 10.5 Å².